The quantitative estimate of drug-likeness (QED) is 0.0236. The van der Waals surface area contributed by atoms with E-state index in [1.54, 1.807) is 40.2 Å². The van der Waals surface area contributed by atoms with Crippen molar-refractivity contribution in [2.75, 3.05) is 38.5 Å². The van der Waals surface area contributed by atoms with Crippen LogP contribution in [-0.2, 0) is 60.7 Å². The monoisotopic (exact) mass is 1140 g/mol. The molecule has 0 bridgehead atoms. The second-order valence-electron chi connectivity index (χ2n) is 20.6. The average Bonchev–Trinajstić information content (AvgIpc) is 4.18. The predicted molar refractivity (Wildman–Crippen MR) is 283 cm³/mol. The molecule has 2 aliphatic heterocycles. The van der Waals surface area contributed by atoms with E-state index in [1.807, 2.05) is 0 Å². The number of unbranched alkanes of at least 4 members (excludes halogenated alkanes) is 3. The van der Waals surface area contributed by atoms with Crippen LogP contribution in [0.2, 0.25) is 0 Å². The molecule has 0 radical (unpaired) electrons. The number of imide groups is 1. The minimum Gasteiger partial charge on any atom is -0.480 e. The van der Waals surface area contributed by atoms with Crippen LogP contribution in [0, 0.1) is 11.8 Å². The summed E-state index contributed by atoms with van der Waals surface area (Å²) in [6.45, 7) is 7.80. The topological polar surface area (TPSA) is 429 Å². The predicted octanol–water partition coefficient (Wildman–Crippen LogP) is -3.39. The zero-order valence-electron chi connectivity index (χ0n) is 45.3. The number of aromatic nitrogens is 4. The highest BCUT2D eigenvalue weighted by Crippen LogP contribution is 2.26. The second-order valence-corrected chi connectivity index (χ2v) is 21.8. The number of carbonyl (C=O) groups is 9. The highest BCUT2D eigenvalue weighted by atomic mass is 32.2. The van der Waals surface area contributed by atoms with Gasteiger partial charge in [0.15, 0.2) is 0 Å². The van der Waals surface area contributed by atoms with E-state index in [1.165, 1.54) is 24.3 Å². The van der Waals surface area contributed by atoms with E-state index in [0.717, 1.165) is 17.5 Å². The molecule has 0 aromatic carbocycles. The van der Waals surface area contributed by atoms with Crippen LogP contribution in [0.5, 0.6) is 0 Å². The summed E-state index contributed by atoms with van der Waals surface area (Å²) in [5.41, 5.74) is 1.30. The van der Waals surface area contributed by atoms with E-state index in [2.05, 4.69) is 57.2 Å². The maximum absolute atomic E-state index is 14.1. The van der Waals surface area contributed by atoms with Gasteiger partial charge >= 0.3 is 5.97 Å². The van der Waals surface area contributed by atoms with Gasteiger partial charge in [0, 0.05) is 69.1 Å². The summed E-state index contributed by atoms with van der Waals surface area (Å²) < 4.78 is 5.21. The van der Waals surface area contributed by atoms with Crippen LogP contribution in [0.3, 0.4) is 0 Å². The number of hydrogen-bond donors (Lipinski definition) is 15. The van der Waals surface area contributed by atoms with Gasteiger partial charge in [-0.25, -0.2) is 14.8 Å². The Labute approximate surface area is 461 Å². The second kappa shape index (κ2) is 32.2. The number of imidazole rings is 2. The number of thioether (sulfide) groups is 1. The smallest absolute Gasteiger partial charge is 0.326 e. The van der Waals surface area contributed by atoms with E-state index in [4.69, 9.17) is 4.74 Å². The van der Waals surface area contributed by atoms with Crippen molar-refractivity contribution in [1.82, 2.24) is 62.1 Å². The minimum atomic E-state index is -2.39. The van der Waals surface area contributed by atoms with Gasteiger partial charge in [-0.2, -0.15) is 0 Å². The molecule has 8 amide bonds. The number of nitrogens with one attached hydrogen (secondary N) is 9. The SMILES string of the molecule is CC(C)CC(NC(=O)C(Cc1cnc[nH]1)NC(=O)C(NCC1(O)OCC(O)C(O)C1O)C(C)C)C(=O)NC(C(=O)NC(CCCCNC(=O)CCCCCN1C(=O)CC(SCC(=O)NCCc2cnc[nH]2)C1=O)C(=O)O)C(C)O. The first-order chi connectivity index (χ1) is 37.4. The number of ether oxygens (including phenoxy) is 1. The number of aliphatic hydroxyl groups is 5. The van der Waals surface area contributed by atoms with Gasteiger partial charge in [-0.1, -0.05) is 34.1 Å². The summed E-state index contributed by atoms with van der Waals surface area (Å²) in [4.78, 5) is 133. The molecule has 79 heavy (non-hydrogen) atoms. The van der Waals surface area contributed by atoms with Crippen LogP contribution < -0.4 is 37.2 Å². The van der Waals surface area contributed by atoms with Crippen molar-refractivity contribution in [3.05, 3.63) is 36.4 Å². The number of carboxylic acid groups (broad SMARTS) is 1. The number of carbonyl (C=O) groups excluding carboxylic acids is 8. The summed E-state index contributed by atoms with van der Waals surface area (Å²) >= 11 is 1.13. The van der Waals surface area contributed by atoms with Crippen LogP contribution >= 0.6 is 11.8 Å². The van der Waals surface area contributed by atoms with Gasteiger partial charge in [0.2, 0.25) is 53.0 Å². The Bertz CT molecular complexity index is 2310. The molecule has 4 heterocycles. The van der Waals surface area contributed by atoms with E-state index >= 15 is 0 Å². The number of aliphatic carboxylic acids is 1. The fraction of sp³-hybridized carbons (Fsp3) is 0.700. The normalized spacial score (nSPS) is 21.6. The highest BCUT2D eigenvalue weighted by Gasteiger charge is 2.49. The number of aromatic amines is 2. The Morgan fingerprint density at radius 1 is 0.785 bits per heavy atom. The molecule has 2 saturated heterocycles. The Balaban J connectivity index is 1.21. The summed E-state index contributed by atoms with van der Waals surface area (Å²) in [5.74, 6) is -9.07. The molecule has 11 atom stereocenters. The standard InChI is InChI=1S/C50H80N12O16S/c1-27(2)17-33(59-44(70)34(18-31-21-52-26-57-31)60-46(72)40(28(3)4)55-24-50(77)43(69)42(68)35(64)22-78-50)45(71)61-41(29(5)63)47(73)58-32(49(75)76)11-8-9-14-53-37(65)12-7-6-10-16-62-39(67)19-36(48(62)74)79-23-38(66)54-15-13-30-20-51-25-56-30/h20-21,25-29,32-36,40-43,55,63-64,68-69,77H,6-19,22-24H2,1-5H3,(H,51,56)(H,52,57)(H,53,65)(H,54,66)(H,58,73)(H,59,70)(H,60,72)(H,61,71)(H,75,76). The van der Waals surface area contributed by atoms with Crippen molar-refractivity contribution in [3.63, 3.8) is 0 Å². The zero-order valence-corrected chi connectivity index (χ0v) is 46.1. The van der Waals surface area contributed by atoms with Crippen molar-refractivity contribution in [1.29, 1.82) is 0 Å². The van der Waals surface area contributed by atoms with Crippen LogP contribution in [-0.4, -0.2) is 213 Å². The number of amides is 8. The Kier molecular flexibility index (Phi) is 26.7. The fourth-order valence-electron chi connectivity index (χ4n) is 8.70. The van der Waals surface area contributed by atoms with Gasteiger partial charge in [0.25, 0.3) is 0 Å². The molecular formula is C50H80N12O16S. The lowest BCUT2D eigenvalue weighted by atomic mass is 9.95. The maximum Gasteiger partial charge on any atom is 0.326 e. The van der Waals surface area contributed by atoms with Crippen LogP contribution in [0.25, 0.3) is 0 Å². The lowest BCUT2D eigenvalue weighted by Crippen LogP contribution is -2.66. The Morgan fingerprint density at radius 2 is 1.42 bits per heavy atom. The lowest BCUT2D eigenvalue weighted by Gasteiger charge is -2.42. The van der Waals surface area contributed by atoms with Gasteiger partial charge in [0.1, 0.15) is 42.5 Å². The van der Waals surface area contributed by atoms with E-state index in [0.29, 0.717) is 44.3 Å². The maximum atomic E-state index is 14.1. The van der Waals surface area contributed by atoms with Crippen molar-refractivity contribution < 1.29 is 78.5 Å². The lowest BCUT2D eigenvalue weighted by molar-refractivity contribution is -0.318. The number of hydrogen-bond acceptors (Lipinski definition) is 19. The summed E-state index contributed by atoms with van der Waals surface area (Å²) in [6.07, 6.45) is 2.01. The molecule has 29 heteroatoms. The third kappa shape index (κ3) is 21.2. The average molecular weight is 1140 g/mol. The number of H-pyrrole nitrogens is 2. The molecule has 2 aromatic rings. The van der Waals surface area contributed by atoms with Gasteiger partial charge in [0.05, 0.1) is 49.0 Å². The zero-order chi connectivity index (χ0) is 58.4. The largest absolute Gasteiger partial charge is 0.480 e. The molecule has 2 aliphatic rings. The molecule has 2 fully saturated rings. The number of likely N-dealkylation sites (tertiary alicyclic amines) is 1. The van der Waals surface area contributed by atoms with Crippen molar-refractivity contribution in [3.8, 4) is 0 Å². The molecule has 0 aliphatic carbocycles. The molecular weight excluding hydrogens is 1060 g/mol. The van der Waals surface area contributed by atoms with Crippen LogP contribution in [0.4, 0.5) is 0 Å². The molecule has 0 saturated carbocycles. The molecule has 0 spiro atoms. The molecule has 442 valence electrons. The van der Waals surface area contributed by atoms with E-state index < -0.39 is 114 Å². The van der Waals surface area contributed by atoms with Crippen LogP contribution in [0.1, 0.15) is 104 Å². The number of carboxylic acids is 1. The van der Waals surface area contributed by atoms with Gasteiger partial charge in [-0.3, -0.25) is 43.3 Å². The van der Waals surface area contributed by atoms with Crippen LogP contribution in [0.15, 0.2) is 25.0 Å². The van der Waals surface area contributed by atoms with Gasteiger partial charge in [-0.15, -0.1) is 11.8 Å². The van der Waals surface area contributed by atoms with Crippen molar-refractivity contribution >= 4 is 65.0 Å². The molecule has 2 aromatic heterocycles. The first kappa shape index (κ1) is 65.4. The van der Waals surface area contributed by atoms with Crippen molar-refractivity contribution in [2.24, 2.45) is 11.8 Å². The molecule has 11 unspecified atom stereocenters. The van der Waals surface area contributed by atoms with Gasteiger partial charge < -0.3 is 82.6 Å². The molecule has 15 N–H and O–H groups in total. The Morgan fingerprint density at radius 3 is 2.05 bits per heavy atom. The minimum absolute atomic E-state index is 0.0156. The molecule has 4 rings (SSSR count). The highest BCUT2D eigenvalue weighted by molar-refractivity contribution is 8.01. The third-order valence-electron chi connectivity index (χ3n) is 13.3. The number of rotatable bonds is 35. The summed E-state index contributed by atoms with van der Waals surface area (Å²) in [6, 6.07) is -6.94. The van der Waals surface area contributed by atoms with E-state index in [9.17, 15) is 73.8 Å². The Hall–Kier alpha value is -6.08. The summed E-state index contributed by atoms with van der Waals surface area (Å²) in [5, 5.41) is 79.8. The first-order valence-electron chi connectivity index (χ1n) is 26.6. The first-order valence-corrected chi connectivity index (χ1v) is 27.6. The number of nitrogens with zero attached hydrogens (tertiary/aromatic N) is 3. The van der Waals surface area contributed by atoms with E-state index in [-0.39, 0.29) is 86.9 Å². The third-order valence-corrected chi connectivity index (χ3v) is 14.5. The summed E-state index contributed by atoms with van der Waals surface area (Å²) in [7, 11) is 0. The molecule has 28 nitrogen and oxygen atoms in total. The fourth-order valence-corrected chi connectivity index (χ4v) is 9.68. The van der Waals surface area contributed by atoms with Gasteiger partial charge in [-0.05, 0) is 57.3 Å². The number of aliphatic hydroxyl groups excluding tert-OH is 4. The van der Waals surface area contributed by atoms with Crippen molar-refractivity contribution in [2.45, 2.75) is 171 Å².